The van der Waals surface area contributed by atoms with Crippen molar-refractivity contribution in [1.82, 2.24) is 9.97 Å². The number of rotatable bonds is 7. The number of hydrogen-bond acceptors (Lipinski definition) is 6. The maximum absolute atomic E-state index is 14.0. The average Bonchev–Trinajstić information content (AvgIpc) is 3.30. The van der Waals surface area contributed by atoms with Gasteiger partial charge in [0.05, 0.1) is 32.9 Å². The Balaban J connectivity index is 1.56. The molecule has 192 valence electrons. The number of aryl methyl sites for hydroxylation is 2. The molecule has 10 heteroatoms. The molecule has 0 saturated heterocycles. The van der Waals surface area contributed by atoms with Crippen molar-refractivity contribution in [1.29, 1.82) is 0 Å². The number of para-hydroxylation sites is 1. The molecule has 3 aromatic carbocycles. The van der Waals surface area contributed by atoms with Gasteiger partial charge in [0.2, 0.25) is 0 Å². The molecule has 0 aliphatic heterocycles. The SMILES string of the molecule is Cc1cc2nc(N(Cc3cccnc3)C(=O)c3ccccc3NS(=O)(=O)c3ccc(F)cc3)sc2cc1C. The molecular weight excluding hydrogens is 523 g/mol. The summed E-state index contributed by atoms with van der Waals surface area (Å²) >= 11 is 1.39. The number of sulfonamides is 1. The lowest BCUT2D eigenvalue weighted by atomic mass is 10.1. The highest BCUT2D eigenvalue weighted by Crippen LogP contribution is 2.33. The topological polar surface area (TPSA) is 92.3 Å². The highest BCUT2D eigenvalue weighted by Gasteiger charge is 2.26. The van der Waals surface area contributed by atoms with Gasteiger partial charge in [-0.05, 0) is 85.1 Å². The van der Waals surface area contributed by atoms with Crippen molar-refractivity contribution < 1.29 is 17.6 Å². The first-order chi connectivity index (χ1) is 18.2. The summed E-state index contributed by atoms with van der Waals surface area (Å²) in [5, 5.41) is 0.482. The van der Waals surface area contributed by atoms with E-state index in [2.05, 4.69) is 9.71 Å². The van der Waals surface area contributed by atoms with E-state index in [1.165, 1.54) is 34.4 Å². The third-order valence-corrected chi connectivity index (χ3v) is 8.48. The molecule has 5 rings (SSSR count). The Morgan fingerprint density at radius 2 is 1.74 bits per heavy atom. The van der Waals surface area contributed by atoms with Gasteiger partial charge in [0.1, 0.15) is 5.82 Å². The number of nitrogens with one attached hydrogen (secondary N) is 1. The van der Waals surface area contributed by atoms with Gasteiger partial charge in [-0.3, -0.25) is 19.4 Å². The smallest absolute Gasteiger partial charge is 0.262 e. The van der Waals surface area contributed by atoms with Crippen LogP contribution in [0.5, 0.6) is 0 Å². The number of pyridine rings is 1. The minimum Gasteiger partial charge on any atom is -0.279 e. The Labute approximate surface area is 223 Å². The maximum Gasteiger partial charge on any atom is 0.262 e. The fourth-order valence-corrected chi connectivity index (χ4v) is 6.03. The zero-order valence-electron chi connectivity index (χ0n) is 20.6. The molecular formula is C28H23FN4O3S2. The number of fused-ring (bicyclic) bond motifs is 1. The lowest BCUT2D eigenvalue weighted by Gasteiger charge is -2.21. The summed E-state index contributed by atoms with van der Waals surface area (Å²) in [7, 11) is -4.08. The summed E-state index contributed by atoms with van der Waals surface area (Å²) in [4.78, 5) is 24.3. The van der Waals surface area contributed by atoms with E-state index < -0.39 is 21.7 Å². The molecule has 0 aliphatic carbocycles. The van der Waals surface area contributed by atoms with Crippen LogP contribution in [0.25, 0.3) is 10.2 Å². The molecule has 2 heterocycles. The quantitative estimate of drug-likeness (QED) is 0.267. The van der Waals surface area contributed by atoms with Crippen molar-refractivity contribution in [2.45, 2.75) is 25.3 Å². The van der Waals surface area contributed by atoms with Crippen LogP contribution in [0.4, 0.5) is 15.2 Å². The van der Waals surface area contributed by atoms with E-state index in [9.17, 15) is 17.6 Å². The van der Waals surface area contributed by atoms with Gasteiger partial charge in [0, 0.05) is 12.4 Å². The van der Waals surface area contributed by atoms with Gasteiger partial charge in [0.25, 0.3) is 15.9 Å². The van der Waals surface area contributed by atoms with Crippen LogP contribution in [0.2, 0.25) is 0 Å². The first kappa shape index (κ1) is 25.5. The van der Waals surface area contributed by atoms with Crippen LogP contribution in [0.3, 0.4) is 0 Å². The van der Waals surface area contributed by atoms with Gasteiger partial charge in [-0.2, -0.15) is 0 Å². The molecule has 38 heavy (non-hydrogen) atoms. The van der Waals surface area contributed by atoms with E-state index >= 15 is 0 Å². The summed E-state index contributed by atoms with van der Waals surface area (Å²) in [6, 6.07) is 18.5. The van der Waals surface area contributed by atoms with Gasteiger partial charge in [-0.25, -0.2) is 17.8 Å². The summed E-state index contributed by atoms with van der Waals surface area (Å²) in [5.41, 5.74) is 4.04. The largest absolute Gasteiger partial charge is 0.279 e. The highest BCUT2D eigenvalue weighted by molar-refractivity contribution is 7.92. The third kappa shape index (κ3) is 5.27. The number of thiazole rings is 1. The van der Waals surface area contributed by atoms with Crippen LogP contribution < -0.4 is 9.62 Å². The Hall–Kier alpha value is -4.15. The van der Waals surface area contributed by atoms with Gasteiger partial charge in [0.15, 0.2) is 5.13 Å². The zero-order chi connectivity index (χ0) is 26.9. The number of anilines is 2. The minimum absolute atomic E-state index is 0.103. The molecule has 0 radical (unpaired) electrons. The van der Waals surface area contributed by atoms with Gasteiger partial charge in [-0.1, -0.05) is 29.5 Å². The van der Waals surface area contributed by atoms with E-state index in [0.29, 0.717) is 5.13 Å². The molecule has 5 aromatic rings. The van der Waals surface area contributed by atoms with Crippen molar-refractivity contribution >= 4 is 48.3 Å². The molecule has 2 aromatic heterocycles. The summed E-state index contributed by atoms with van der Waals surface area (Å²) < 4.78 is 42.8. The van der Waals surface area contributed by atoms with Crippen LogP contribution in [-0.4, -0.2) is 24.3 Å². The number of carbonyl (C=O) groups is 1. The second-order valence-electron chi connectivity index (χ2n) is 8.76. The number of aromatic nitrogens is 2. The van der Waals surface area contributed by atoms with Gasteiger partial charge in [-0.15, -0.1) is 0 Å². The molecule has 0 atom stereocenters. The fraction of sp³-hybridized carbons (Fsp3) is 0.107. The summed E-state index contributed by atoms with van der Waals surface area (Å²) in [6.07, 6.45) is 3.32. The Morgan fingerprint density at radius 3 is 2.47 bits per heavy atom. The van der Waals surface area contributed by atoms with Crippen molar-refractivity contribution in [3.63, 3.8) is 0 Å². The van der Waals surface area contributed by atoms with Crippen LogP contribution in [0.1, 0.15) is 27.0 Å². The normalized spacial score (nSPS) is 11.4. The van der Waals surface area contributed by atoms with Crippen LogP contribution >= 0.6 is 11.3 Å². The molecule has 0 bridgehead atoms. The predicted octanol–water partition coefficient (Wildman–Crippen LogP) is 6.10. The van der Waals surface area contributed by atoms with Gasteiger partial charge >= 0.3 is 0 Å². The Bertz CT molecular complexity index is 1700. The molecule has 7 nitrogen and oxygen atoms in total. The number of nitrogens with zero attached hydrogens (tertiary/aromatic N) is 3. The van der Waals surface area contributed by atoms with Crippen LogP contribution in [0.15, 0.2) is 90.1 Å². The number of amides is 1. The first-order valence-electron chi connectivity index (χ1n) is 11.7. The lowest BCUT2D eigenvalue weighted by Crippen LogP contribution is -2.31. The van der Waals surface area contributed by atoms with Crippen molar-refractivity contribution in [2.24, 2.45) is 0 Å². The van der Waals surface area contributed by atoms with Crippen LogP contribution in [-0.2, 0) is 16.6 Å². The Morgan fingerprint density at radius 1 is 1.00 bits per heavy atom. The van der Waals surface area contributed by atoms with E-state index in [0.717, 1.165) is 39.0 Å². The molecule has 1 N–H and O–H groups in total. The summed E-state index contributed by atoms with van der Waals surface area (Å²) in [6.45, 7) is 4.22. The van der Waals surface area contributed by atoms with E-state index in [4.69, 9.17) is 4.98 Å². The molecule has 0 spiro atoms. The molecule has 0 saturated carbocycles. The molecule has 1 amide bonds. The van der Waals surface area contributed by atoms with Crippen molar-refractivity contribution in [3.8, 4) is 0 Å². The number of carbonyl (C=O) groups excluding carboxylic acids is 1. The third-order valence-electron chi connectivity index (χ3n) is 6.06. The second kappa shape index (κ2) is 10.3. The standard InChI is InChI=1S/C28H23FN4O3S2/c1-18-14-25-26(15-19(18)2)37-28(31-25)33(17-20-6-5-13-30-16-20)27(34)23-7-3-4-8-24(23)32-38(35,36)22-11-9-21(29)10-12-22/h3-16,32H,17H2,1-2H3. The maximum atomic E-state index is 14.0. The highest BCUT2D eigenvalue weighted by atomic mass is 32.2. The van der Waals surface area contributed by atoms with E-state index in [-0.39, 0.29) is 22.7 Å². The van der Waals surface area contributed by atoms with Gasteiger partial charge < -0.3 is 0 Å². The molecule has 0 aliphatic rings. The zero-order valence-corrected chi connectivity index (χ0v) is 22.2. The molecule has 0 fully saturated rings. The number of halogens is 1. The van der Waals surface area contributed by atoms with E-state index in [1.807, 2.05) is 32.0 Å². The number of hydrogen-bond donors (Lipinski definition) is 1. The average molecular weight is 547 g/mol. The summed E-state index contributed by atoms with van der Waals surface area (Å²) in [5.74, 6) is -0.981. The van der Waals surface area contributed by atoms with E-state index in [1.54, 1.807) is 36.7 Å². The second-order valence-corrected chi connectivity index (χ2v) is 11.4. The number of benzene rings is 3. The van der Waals surface area contributed by atoms with Crippen molar-refractivity contribution in [3.05, 3.63) is 113 Å². The Kier molecular flexibility index (Phi) is 6.92. The monoisotopic (exact) mass is 546 g/mol. The lowest BCUT2D eigenvalue weighted by molar-refractivity contribution is 0.0986. The minimum atomic E-state index is -4.08. The van der Waals surface area contributed by atoms with Crippen molar-refractivity contribution in [2.75, 3.05) is 9.62 Å². The first-order valence-corrected chi connectivity index (χ1v) is 14.0. The molecule has 0 unspecified atom stereocenters. The predicted molar refractivity (Wildman–Crippen MR) is 147 cm³/mol. The fourth-order valence-electron chi connectivity index (χ4n) is 3.91. The van der Waals surface area contributed by atoms with Crippen LogP contribution in [0, 0.1) is 19.7 Å².